The van der Waals surface area contributed by atoms with Gasteiger partial charge >= 0.3 is 0 Å². The largest absolute Gasteiger partial charge is 0.394 e. The van der Waals surface area contributed by atoms with Crippen molar-refractivity contribution in [3.05, 3.63) is 0 Å². The van der Waals surface area contributed by atoms with Crippen molar-refractivity contribution in [2.24, 2.45) is 0 Å². The topological polar surface area (TPSA) is 180 Å². The van der Waals surface area contributed by atoms with E-state index in [1.54, 1.807) is 0 Å². The van der Waals surface area contributed by atoms with Gasteiger partial charge in [-0.05, 0) is 0 Å². The van der Waals surface area contributed by atoms with E-state index in [0.29, 0.717) is 0 Å². The molecule has 2 saturated heterocycles. The van der Waals surface area contributed by atoms with Crippen LogP contribution in [0.25, 0.3) is 0 Å². The van der Waals surface area contributed by atoms with Crippen LogP contribution in [0.4, 0.5) is 0 Å². The predicted molar refractivity (Wildman–Crippen MR) is 60.0 cm³/mol. The fraction of sp³-hybridized carbons (Fsp3) is 1.00. The molecule has 0 amide bonds. The number of aliphatic hydroxyl groups is 8. The maximum atomic E-state index is 8.93. The van der Waals surface area contributed by atoms with E-state index in [-0.39, 0.29) is 0 Å². The van der Waals surface area contributed by atoms with Crippen LogP contribution in [-0.2, 0) is 9.47 Å². The minimum atomic E-state index is -1.38. The van der Waals surface area contributed by atoms with Crippen LogP contribution in [0.15, 0.2) is 0 Å². The Hall–Kier alpha value is -0.400. The van der Waals surface area contributed by atoms with Gasteiger partial charge in [-0.25, -0.2) is 0 Å². The van der Waals surface area contributed by atoms with Gasteiger partial charge in [-0.2, -0.15) is 0 Å². The summed E-state index contributed by atoms with van der Waals surface area (Å²) in [6.07, 6.45) is -9.51. The Morgan fingerprint density at radius 3 is 0.950 bits per heavy atom. The minimum Gasteiger partial charge on any atom is -0.394 e. The van der Waals surface area contributed by atoms with Crippen LogP contribution >= 0.6 is 0 Å². The summed E-state index contributed by atoms with van der Waals surface area (Å²) < 4.78 is 9.08. The third-order valence-electron chi connectivity index (χ3n) is 3.03. The second-order valence-corrected chi connectivity index (χ2v) is 4.46. The Kier molecular flexibility index (Phi) is 6.68. The van der Waals surface area contributed by atoms with Gasteiger partial charge in [-0.15, -0.1) is 0 Å². The molecule has 2 aliphatic heterocycles. The van der Waals surface area contributed by atoms with Crippen molar-refractivity contribution in [2.45, 2.75) is 49.2 Å². The Bertz CT molecular complexity index is 261. The average molecular weight is 300 g/mol. The summed E-state index contributed by atoms with van der Waals surface area (Å²) in [7, 11) is 0. The summed E-state index contributed by atoms with van der Waals surface area (Å²) in [6, 6.07) is 0. The second kappa shape index (κ2) is 7.56. The molecule has 8 atom stereocenters. The second-order valence-electron chi connectivity index (χ2n) is 4.46. The Labute approximate surface area is 114 Å². The van der Waals surface area contributed by atoms with Gasteiger partial charge in [0, 0.05) is 0 Å². The van der Waals surface area contributed by atoms with Crippen molar-refractivity contribution in [3.8, 4) is 0 Å². The molecule has 0 aromatic heterocycles. The highest BCUT2D eigenvalue weighted by molar-refractivity contribution is 4.85. The molecule has 0 saturated carbocycles. The summed E-state index contributed by atoms with van der Waals surface area (Å²) in [5.41, 5.74) is 0. The van der Waals surface area contributed by atoms with E-state index in [0.717, 1.165) is 0 Å². The lowest BCUT2D eigenvalue weighted by molar-refractivity contribution is -0.133. The maximum absolute atomic E-state index is 8.93. The molecule has 0 aromatic rings. The first-order valence-corrected chi connectivity index (χ1v) is 5.94. The van der Waals surface area contributed by atoms with Gasteiger partial charge in [0.15, 0.2) is 12.6 Å². The smallest absolute Gasteiger partial charge is 0.184 e. The SMILES string of the molecule is OC[C@H]1O[C@H](O)[C@H](O)[C@@H]1O.OC[C@H]1O[C@H](O)[C@H](O)[C@@H]1O. The minimum absolute atomic E-state index is 0.407. The van der Waals surface area contributed by atoms with Crippen LogP contribution < -0.4 is 0 Å². The molecule has 2 rings (SSSR count). The summed E-state index contributed by atoms with van der Waals surface area (Å²) in [5.74, 6) is 0. The summed E-state index contributed by atoms with van der Waals surface area (Å²) in [6.45, 7) is -0.815. The number of aliphatic hydroxyl groups excluding tert-OH is 8. The van der Waals surface area contributed by atoms with Crippen molar-refractivity contribution in [3.63, 3.8) is 0 Å². The van der Waals surface area contributed by atoms with Crippen molar-refractivity contribution in [1.82, 2.24) is 0 Å². The predicted octanol–water partition coefficient (Wildman–Crippen LogP) is -5.16. The summed E-state index contributed by atoms with van der Waals surface area (Å²) in [5, 5.41) is 69.9. The first-order valence-electron chi connectivity index (χ1n) is 5.94. The zero-order valence-electron chi connectivity index (χ0n) is 10.4. The molecule has 2 aliphatic rings. The van der Waals surface area contributed by atoms with Gasteiger partial charge in [0.2, 0.25) is 0 Å². The molecule has 0 aromatic carbocycles. The third kappa shape index (κ3) is 3.83. The standard InChI is InChI=1S/2C5H10O5/c2*6-1-2-3(7)4(8)5(9)10-2/h2*2-9H,1H2/t2*2-,3-,4-,5+/m11/s1. The molecule has 0 radical (unpaired) electrons. The zero-order valence-corrected chi connectivity index (χ0v) is 10.4. The van der Waals surface area contributed by atoms with E-state index in [1.807, 2.05) is 0 Å². The molecule has 10 heteroatoms. The average Bonchev–Trinajstić information content (AvgIpc) is 2.84. The molecule has 20 heavy (non-hydrogen) atoms. The first-order chi connectivity index (χ1) is 9.33. The van der Waals surface area contributed by atoms with Crippen LogP contribution in [0.3, 0.4) is 0 Å². The van der Waals surface area contributed by atoms with E-state index in [1.165, 1.54) is 0 Å². The van der Waals surface area contributed by atoms with Gasteiger partial charge in [-0.3, -0.25) is 0 Å². The Morgan fingerprint density at radius 2 is 0.850 bits per heavy atom. The fourth-order valence-electron chi connectivity index (χ4n) is 1.76. The number of hydrogen-bond donors (Lipinski definition) is 8. The molecule has 8 N–H and O–H groups in total. The lowest BCUT2D eigenvalue weighted by Gasteiger charge is -2.09. The molecule has 10 nitrogen and oxygen atoms in total. The van der Waals surface area contributed by atoms with Crippen molar-refractivity contribution in [2.75, 3.05) is 13.2 Å². The zero-order chi connectivity index (χ0) is 15.4. The van der Waals surface area contributed by atoms with Crippen molar-refractivity contribution >= 4 is 0 Å². The van der Waals surface area contributed by atoms with Crippen molar-refractivity contribution < 1.29 is 50.3 Å². The van der Waals surface area contributed by atoms with E-state index in [2.05, 4.69) is 9.47 Å². The summed E-state index contributed by atoms with van der Waals surface area (Å²) in [4.78, 5) is 0. The number of ether oxygens (including phenoxy) is 2. The molecule has 0 unspecified atom stereocenters. The maximum Gasteiger partial charge on any atom is 0.184 e. The number of rotatable bonds is 2. The van der Waals surface area contributed by atoms with E-state index in [4.69, 9.17) is 40.9 Å². The first kappa shape index (κ1) is 17.7. The van der Waals surface area contributed by atoms with E-state index in [9.17, 15) is 0 Å². The van der Waals surface area contributed by atoms with Gasteiger partial charge in [0.25, 0.3) is 0 Å². The van der Waals surface area contributed by atoms with Crippen molar-refractivity contribution in [1.29, 1.82) is 0 Å². The molecular formula is C10H20O10. The van der Waals surface area contributed by atoms with Gasteiger partial charge < -0.3 is 50.3 Å². The molecule has 120 valence electrons. The van der Waals surface area contributed by atoms with E-state index < -0.39 is 62.4 Å². The highest BCUT2D eigenvalue weighted by Gasteiger charge is 2.41. The fourth-order valence-corrected chi connectivity index (χ4v) is 1.76. The Balaban J connectivity index is 0.000000200. The lowest BCUT2D eigenvalue weighted by Crippen LogP contribution is -2.33. The lowest BCUT2D eigenvalue weighted by atomic mass is 10.1. The molecule has 0 spiro atoms. The van der Waals surface area contributed by atoms with Gasteiger partial charge in [-0.1, -0.05) is 0 Å². The van der Waals surface area contributed by atoms with Crippen LogP contribution in [0.1, 0.15) is 0 Å². The normalized spacial score (nSPS) is 48.0. The van der Waals surface area contributed by atoms with Gasteiger partial charge in [0.1, 0.15) is 36.6 Å². The van der Waals surface area contributed by atoms with Crippen LogP contribution in [0.5, 0.6) is 0 Å². The summed E-state index contributed by atoms with van der Waals surface area (Å²) >= 11 is 0. The Morgan fingerprint density at radius 1 is 0.550 bits per heavy atom. The molecule has 2 heterocycles. The molecule has 0 aliphatic carbocycles. The monoisotopic (exact) mass is 300 g/mol. The quantitative estimate of drug-likeness (QED) is 0.245. The highest BCUT2D eigenvalue weighted by Crippen LogP contribution is 2.19. The number of hydrogen-bond acceptors (Lipinski definition) is 10. The molecule has 2 fully saturated rings. The van der Waals surface area contributed by atoms with Crippen LogP contribution in [0, 0.1) is 0 Å². The van der Waals surface area contributed by atoms with Crippen LogP contribution in [-0.4, -0.2) is 103 Å². The van der Waals surface area contributed by atoms with E-state index >= 15 is 0 Å². The van der Waals surface area contributed by atoms with Crippen LogP contribution in [0.2, 0.25) is 0 Å². The third-order valence-corrected chi connectivity index (χ3v) is 3.03. The molecule has 0 bridgehead atoms. The molecular weight excluding hydrogens is 280 g/mol. The van der Waals surface area contributed by atoms with Gasteiger partial charge in [0.05, 0.1) is 13.2 Å². The highest BCUT2D eigenvalue weighted by atomic mass is 16.7.